The summed E-state index contributed by atoms with van der Waals surface area (Å²) in [4.78, 5) is 0. The van der Waals surface area contributed by atoms with Crippen molar-refractivity contribution in [3.8, 4) is 0 Å². The van der Waals surface area contributed by atoms with Gasteiger partial charge in [-0.3, -0.25) is 0 Å². The highest BCUT2D eigenvalue weighted by atomic mass is 79.9. The largest absolute Gasteiger partial charge is 0.384 e. The van der Waals surface area contributed by atoms with Gasteiger partial charge in [-0.05, 0) is 34.5 Å². The van der Waals surface area contributed by atoms with Gasteiger partial charge in [0.1, 0.15) is 5.82 Å². The normalized spacial score (nSPS) is 14.4. The Balaban J connectivity index is 2.62. The van der Waals surface area contributed by atoms with Crippen molar-refractivity contribution < 1.29 is 4.39 Å². The van der Waals surface area contributed by atoms with Gasteiger partial charge in [-0.15, -0.1) is 0 Å². The summed E-state index contributed by atoms with van der Waals surface area (Å²) in [5.41, 5.74) is 1.74. The van der Waals surface area contributed by atoms with Crippen molar-refractivity contribution in [2.45, 2.75) is 6.42 Å². The molecule has 0 saturated carbocycles. The Kier molecular flexibility index (Phi) is 1.60. The van der Waals surface area contributed by atoms with E-state index in [-0.39, 0.29) is 5.82 Å². The molecule has 1 aromatic carbocycles. The van der Waals surface area contributed by atoms with Crippen molar-refractivity contribution >= 4 is 21.6 Å². The maximum Gasteiger partial charge on any atom is 0.142 e. The summed E-state index contributed by atoms with van der Waals surface area (Å²) in [5.74, 6) is -0.118. The first-order valence-electron chi connectivity index (χ1n) is 3.50. The average Bonchev–Trinajstić information content (AvgIpc) is 2.45. The van der Waals surface area contributed by atoms with Crippen LogP contribution < -0.4 is 5.32 Å². The second-order valence-corrected chi connectivity index (χ2v) is 3.42. The minimum absolute atomic E-state index is 0.118. The quantitative estimate of drug-likeness (QED) is 0.702. The van der Waals surface area contributed by atoms with Gasteiger partial charge < -0.3 is 5.32 Å². The number of hydrogen-bond acceptors (Lipinski definition) is 1. The molecule has 0 saturated heterocycles. The number of rotatable bonds is 0. The highest BCUT2D eigenvalue weighted by molar-refractivity contribution is 9.10. The summed E-state index contributed by atoms with van der Waals surface area (Å²) in [6, 6.07) is 3.63. The van der Waals surface area contributed by atoms with E-state index in [2.05, 4.69) is 21.2 Å². The predicted molar refractivity (Wildman–Crippen MR) is 46.3 cm³/mol. The van der Waals surface area contributed by atoms with Crippen molar-refractivity contribution in [3.05, 3.63) is 28.0 Å². The molecule has 2 rings (SSSR count). The van der Waals surface area contributed by atoms with Gasteiger partial charge >= 0.3 is 0 Å². The molecule has 1 aliphatic heterocycles. The maximum atomic E-state index is 13.2. The molecule has 58 valence electrons. The zero-order chi connectivity index (χ0) is 7.84. The van der Waals surface area contributed by atoms with Gasteiger partial charge in [-0.25, -0.2) is 4.39 Å². The number of anilines is 1. The molecule has 0 fully saturated rings. The number of halogens is 2. The van der Waals surface area contributed by atoms with Gasteiger partial charge in [0.25, 0.3) is 0 Å². The van der Waals surface area contributed by atoms with Gasteiger partial charge in [0.15, 0.2) is 0 Å². The van der Waals surface area contributed by atoms with Crippen molar-refractivity contribution in [2.75, 3.05) is 11.9 Å². The second kappa shape index (κ2) is 2.48. The Hall–Kier alpha value is -0.570. The first kappa shape index (κ1) is 7.10. The van der Waals surface area contributed by atoms with Gasteiger partial charge in [-0.2, -0.15) is 0 Å². The molecule has 1 nitrogen and oxygen atoms in total. The molecule has 0 aliphatic carbocycles. The van der Waals surface area contributed by atoms with Crippen LogP contribution in [0.3, 0.4) is 0 Å². The van der Waals surface area contributed by atoms with Crippen molar-refractivity contribution in [3.63, 3.8) is 0 Å². The molecule has 0 radical (unpaired) electrons. The average molecular weight is 216 g/mol. The molecular formula is C8H7BrFN. The van der Waals surface area contributed by atoms with Crippen molar-refractivity contribution in [1.82, 2.24) is 0 Å². The molecule has 1 heterocycles. The van der Waals surface area contributed by atoms with Crippen LogP contribution in [-0.2, 0) is 6.42 Å². The fourth-order valence-corrected chi connectivity index (χ4v) is 1.70. The SMILES string of the molecule is Fc1c(Br)ccc2c1CCN2. The highest BCUT2D eigenvalue weighted by Gasteiger charge is 2.15. The smallest absolute Gasteiger partial charge is 0.142 e. The number of nitrogens with one attached hydrogen (secondary N) is 1. The van der Waals surface area contributed by atoms with Gasteiger partial charge in [0.2, 0.25) is 0 Å². The highest BCUT2D eigenvalue weighted by Crippen LogP contribution is 2.29. The van der Waals surface area contributed by atoms with Crippen LogP contribution in [0.4, 0.5) is 10.1 Å². The molecule has 11 heavy (non-hydrogen) atoms. The van der Waals surface area contributed by atoms with Gasteiger partial charge in [0, 0.05) is 17.8 Å². The third kappa shape index (κ3) is 1.03. The van der Waals surface area contributed by atoms with Crippen LogP contribution in [0.25, 0.3) is 0 Å². The Morgan fingerprint density at radius 1 is 1.45 bits per heavy atom. The van der Waals surface area contributed by atoms with E-state index in [1.165, 1.54) is 0 Å². The molecule has 1 aliphatic rings. The lowest BCUT2D eigenvalue weighted by Crippen LogP contribution is -1.90. The lowest BCUT2D eigenvalue weighted by Gasteiger charge is -2.01. The molecule has 1 aromatic rings. The number of fused-ring (bicyclic) bond motifs is 1. The van der Waals surface area contributed by atoms with Crippen molar-refractivity contribution in [1.29, 1.82) is 0 Å². The summed E-state index contributed by atoms with van der Waals surface area (Å²) in [6.45, 7) is 0.850. The molecule has 0 bridgehead atoms. The van der Waals surface area contributed by atoms with Crippen molar-refractivity contribution in [2.24, 2.45) is 0 Å². The number of benzene rings is 1. The fourth-order valence-electron chi connectivity index (χ4n) is 1.32. The standard InChI is InChI=1S/C8H7BrFN/c9-6-1-2-7-5(8(6)10)3-4-11-7/h1-2,11H,3-4H2. The van der Waals surface area contributed by atoms with Crippen LogP contribution in [-0.4, -0.2) is 6.54 Å². The third-order valence-electron chi connectivity index (χ3n) is 1.89. The van der Waals surface area contributed by atoms with Crippen LogP contribution >= 0.6 is 15.9 Å². The lowest BCUT2D eigenvalue weighted by atomic mass is 10.1. The van der Waals surface area contributed by atoms with Gasteiger partial charge in [0.05, 0.1) is 4.47 Å². The molecule has 0 unspecified atom stereocenters. The van der Waals surface area contributed by atoms with Crippen LogP contribution in [0.5, 0.6) is 0 Å². The molecule has 1 N–H and O–H groups in total. The Morgan fingerprint density at radius 2 is 2.27 bits per heavy atom. The molecule has 3 heteroatoms. The van der Waals surface area contributed by atoms with E-state index in [0.717, 1.165) is 24.2 Å². The van der Waals surface area contributed by atoms with E-state index in [4.69, 9.17) is 0 Å². The summed E-state index contributed by atoms with van der Waals surface area (Å²) in [7, 11) is 0. The van der Waals surface area contributed by atoms with Crippen LogP contribution in [0.2, 0.25) is 0 Å². The van der Waals surface area contributed by atoms with E-state index >= 15 is 0 Å². The first-order valence-corrected chi connectivity index (χ1v) is 4.29. The molecule has 0 aromatic heterocycles. The topological polar surface area (TPSA) is 12.0 Å². The summed E-state index contributed by atoms with van der Waals surface area (Å²) < 4.78 is 13.8. The van der Waals surface area contributed by atoms with Crippen LogP contribution in [0, 0.1) is 5.82 Å². The summed E-state index contributed by atoms with van der Waals surface area (Å²) in [5, 5.41) is 3.11. The Labute approximate surface area is 72.7 Å². The van der Waals surface area contributed by atoms with E-state index < -0.39 is 0 Å². The predicted octanol–water partition coefficient (Wildman–Crippen LogP) is 2.56. The van der Waals surface area contributed by atoms with E-state index in [1.807, 2.05) is 6.07 Å². The monoisotopic (exact) mass is 215 g/mol. The fraction of sp³-hybridized carbons (Fsp3) is 0.250. The second-order valence-electron chi connectivity index (χ2n) is 2.56. The van der Waals surface area contributed by atoms with Crippen LogP contribution in [0.15, 0.2) is 16.6 Å². The molecule has 0 spiro atoms. The Bertz CT molecular complexity index is 298. The molecule has 0 amide bonds. The van der Waals surface area contributed by atoms with E-state index in [0.29, 0.717) is 4.47 Å². The summed E-state index contributed by atoms with van der Waals surface area (Å²) >= 11 is 3.15. The zero-order valence-corrected chi connectivity index (χ0v) is 7.41. The van der Waals surface area contributed by atoms with Gasteiger partial charge in [-0.1, -0.05) is 0 Å². The zero-order valence-electron chi connectivity index (χ0n) is 5.82. The van der Waals surface area contributed by atoms with E-state index in [1.54, 1.807) is 6.07 Å². The van der Waals surface area contributed by atoms with E-state index in [9.17, 15) is 4.39 Å². The summed E-state index contributed by atoms with van der Waals surface area (Å²) in [6.07, 6.45) is 0.792. The minimum Gasteiger partial charge on any atom is -0.384 e. The first-order chi connectivity index (χ1) is 5.29. The number of hydrogen-bond donors (Lipinski definition) is 1. The third-order valence-corrected chi connectivity index (χ3v) is 2.50. The lowest BCUT2D eigenvalue weighted by molar-refractivity contribution is 0.609. The molecule has 0 atom stereocenters. The minimum atomic E-state index is -0.118. The van der Waals surface area contributed by atoms with Crippen LogP contribution in [0.1, 0.15) is 5.56 Å². The maximum absolute atomic E-state index is 13.2. The molecular weight excluding hydrogens is 209 g/mol. The Morgan fingerprint density at radius 3 is 3.09 bits per heavy atom.